The quantitative estimate of drug-likeness (QED) is 0.104. The van der Waals surface area contributed by atoms with Gasteiger partial charge in [0.05, 0.1) is 17.6 Å². The molecule has 8 rings (SSSR count). The second-order valence-electron chi connectivity index (χ2n) is 14.3. The molecule has 0 amide bonds. The number of hydrogen-bond acceptors (Lipinski definition) is 7. The summed E-state index contributed by atoms with van der Waals surface area (Å²) >= 11 is 0. The van der Waals surface area contributed by atoms with Crippen LogP contribution in [0.1, 0.15) is 65.2 Å². The lowest BCUT2D eigenvalue weighted by molar-refractivity contribution is -0.322. The fourth-order valence-electron chi connectivity index (χ4n) is 8.00. The number of hydrogen-bond donors (Lipinski definition) is 3. The highest BCUT2D eigenvalue weighted by Gasteiger charge is 2.48. The largest absolute Gasteiger partial charge is 0.387 e. The molecule has 4 heterocycles. The molecule has 272 valence electrons. The van der Waals surface area contributed by atoms with Gasteiger partial charge >= 0.3 is 0 Å². The van der Waals surface area contributed by atoms with Gasteiger partial charge in [-0.2, -0.15) is 0 Å². The molecule has 2 saturated heterocycles. The van der Waals surface area contributed by atoms with E-state index in [-0.39, 0.29) is 0 Å². The Morgan fingerprint density at radius 1 is 0.750 bits per heavy atom. The van der Waals surface area contributed by atoms with Crippen LogP contribution in [0.5, 0.6) is 0 Å². The summed E-state index contributed by atoms with van der Waals surface area (Å²) in [6.45, 7) is 5.64. The van der Waals surface area contributed by atoms with Gasteiger partial charge < -0.3 is 34.3 Å². The standard InChI is InChI=1S/C43H50N4O5/c1-3-5-6-7-8-13-25-46-34-17-11-9-15-31(34)32-26-28(19-24-35(32)46)42-45-33-16-10-12-18-36(33)47(42)30-22-20-29(21-23-30)44-43-40(49)39(48)41-37(51-43)27-50-38(52-41)14-4-2/h9-12,15-24,26,37-41,43-44,48-49H,3-8,13-14,25,27H2,1-2H3/t37-,38?,39-,40-,41-,43-/m1/s1. The van der Waals surface area contributed by atoms with E-state index in [1.807, 2.05) is 36.4 Å². The Balaban J connectivity index is 1.07. The summed E-state index contributed by atoms with van der Waals surface area (Å²) in [5.74, 6) is 0.871. The molecule has 0 bridgehead atoms. The number of rotatable bonds is 13. The number of aliphatic hydroxyl groups excluding tert-OH is 2. The summed E-state index contributed by atoms with van der Waals surface area (Å²) in [6.07, 6.45) is 4.67. The van der Waals surface area contributed by atoms with Crippen molar-refractivity contribution < 1.29 is 24.4 Å². The number of nitrogens with one attached hydrogen (secondary N) is 1. The van der Waals surface area contributed by atoms with Crippen molar-refractivity contribution in [1.82, 2.24) is 14.1 Å². The molecule has 4 aromatic carbocycles. The maximum absolute atomic E-state index is 11.0. The zero-order chi connectivity index (χ0) is 35.6. The molecule has 0 aliphatic carbocycles. The molecule has 6 atom stereocenters. The third kappa shape index (κ3) is 6.72. The lowest BCUT2D eigenvalue weighted by Gasteiger charge is -2.46. The van der Waals surface area contributed by atoms with E-state index in [2.05, 4.69) is 82.9 Å². The van der Waals surface area contributed by atoms with Gasteiger partial charge in [0.2, 0.25) is 0 Å². The topological polar surface area (TPSA) is 103 Å². The molecular weight excluding hydrogens is 652 g/mol. The van der Waals surface area contributed by atoms with E-state index in [9.17, 15) is 10.2 Å². The van der Waals surface area contributed by atoms with Crippen LogP contribution in [0.2, 0.25) is 0 Å². The molecular formula is C43H50N4O5. The van der Waals surface area contributed by atoms with Crippen LogP contribution in [0.4, 0.5) is 5.69 Å². The Morgan fingerprint density at radius 3 is 2.33 bits per heavy atom. The predicted molar refractivity (Wildman–Crippen MR) is 207 cm³/mol. The van der Waals surface area contributed by atoms with E-state index in [0.717, 1.165) is 53.2 Å². The van der Waals surface area contributed by atoms with Crippen molar-refractivity contribution in [3.63, 3.8) is 0 Å². The highest BCUT2D eigenvalue weighted by Crippen LogP contribution is 2.36. The summed E-state index contributed by atoms with van der Waals surface area (Å²) in [5, 5.41) is 27.7. The molecule has 0 saturated carbocycles. The van der Waals surface area contributed by atoms with Gasteiger partial charge in [-0.15, -0.1) is 0 Å². The Labute approximate surface area is 305 Å². The van der Waals surface area contributed by atoms with Crippen LogP contribution >= 0.6 is 0 Å². The molecule has 2 aliphatic heterocycles. The normalized spacial score (nSPS) is 23.4. The number of nitrogens with zero attached hydrogens (tertiary/aromatic N) is 3. The minimum absolute atomic E-state index is 0.304. The van der Waals surface area contributed by atoms with E-state index in [0.29, 0.717) is 6.61 Å². The fourth-order valence-corrected chi connectivity index (χ4v) is 8.00. The number of para-hydroxylation sites is 3. The molecule has 6 aromatic rings. The zero-order valence-corrected chi connectivity index (χ0v) is 30.2. The van der Waals surface area contributed by atoms with Crippen molar-refractivity contribution in [2.45, 2.75) is 109 Å². The summed E-state index contributed by atoms with van der Waals surface area (Å²) in [5.41, 5.74) is 7.24. The Hall–Kier alpha value is -4.25. The van der Waals surface area contributed by atoms with Crippen molar-refractivity contribution in [1.29, 1.82) is 0 Å². The van der Waals surface area contributed by atoms with Crippen LogP contribution in [-0.4, -0.2) is 67.9 Å². The third-order valence-electron chi connectivity index (χ3n) is 10.7. The van der Waals surface area contributed by atoms with Crippen LogP contribution in [0.25, 0.3) is 49.9 Å². The number of anilines is 1. The first kappa shape index (κ1) is 34.8. The molecule has 3 N–H and O–H groups in total. The number of imidazole rings is 1. The van der Waals surface area contributed by atoms with Gasteiger partial charge in [0.15, 0.2) is 12.5 Å². The molecule has 0 radical (unpaired) electrons. The molecule has 2 fully saturated rings. The first-order chi connectivity index (χ1) is 25.5. The van der Waals surface area contributed by atoms with Crippen LogP contribution in [0.3, 0.4) is 0 Å². The van der Waals surface area contributed by atoms with Gasteiger partial charge in [-0.3, -0.25) is 4.57 Å². The highest BCUT2D eigenvalue weighted by molar-refractivity contribution is 6.09. The molecule has 52 heavy (non-hydrogen) atoms. The molecule has 9 nitrogen and oxygen atoms in total. The molecule has 2 aliphatic rings. The van der Waals surface area contributed by atoms with Crippen LogP contribution < -0.4 is 5.32 Å². The number of benzene rings is 4. The van der Waals surface area contributed by atoms with Crippen LogP contribution in [-0.2, 0) is 20.8 Å². The average molecular weight is 703 g/mol. The molecule has 1 unspecified atom stereocenters. The van der Waals surface area contributed by atoms with Gasteiger partial charge in [-0.25, -0.2) is 4.98 Å². The second-order valence-corrected chi connectivity index (χ2v) is 14.3. The van der Waals surface area contributed by atoms with E-state index >= 15 is 0 Å². The third-order valence-corrected chi connectivity index (χ3v) is 10.7. The van der Waals surface area contributed by atoms with Crippen LogP contribution in [0.15, 0.2) is 91.0 Å². The Bertz CT molecular complexity index is 2120. The molecule has 0 spiro atoms. The van der Waals surface area contributed by atoms with E-state index in [1.54, 1.807) is 0 Å². The lowest BCUT2D eigenvalue weighted by Crippen LogP contribution is -2.64. The summed E-state index contributed by atoms with van der Waals surface area (Å²) in [4.78, 5) is 5.16. The molecule has 9 heteroatoms. The molecule has 2 aromatic heterocycles. The number of fused-ring (bicyclic) bond motifs is 5. The number of unbranched alkanes of at least 4 members (excludes halogenated alkanes) is 5. The van der Waals surface area contributed by atoms with Crippen LogP contribution in [0, 0.1) is 0 Å². The van der Waals surface area contributed by atoms with E-state index < -0.39 is 36.9 Å². The van der Waals surface area contributed by atoms with Crippen molar-refractivity contribution in [3.05, 3.63) is 91.0 Å². The maximum atomic E-state index is 11.0. The average Bonchev–Trinajstić information content (AvgIpc) is 3.71. The summed E-state index contributed by atoms with van der Waals surface area (Å²) < 4.78 is 22.6. The van der Waals surface area contributed by atoms with Crippen molar-refractivity contribution in [2.75, 3.05) is 11.9 Å². The minimum atomic E-state index is -1.17. The number of aromatic nitrogens is 3. The number of aliphatic hydroxyl groups is 2. The Morgan fingerprint density at radius 2 is 1.50 bits per heavy atom. The summed E-state index contributed by atoms with van der Waals surface area (Å²) in [6, 6.07) is 31.8. The number of aryl methyl sites for hydroxylation is 1. The maximum Gasteiger partial charge on any atom is 0.158 e. The van der Waals surface area contributed by atoms with E-state index in [1.165, 1.54) is 60.3 Å². The van der Waals surface area contributed by atoms with Crippen molar-refractivity contribution >= 4 is 38.5 Å². The lowest BCUT2D eigenvalue weighted by atomic mass is 9.97. The Kier molecular flexibility index (Phi) is 10.3. The van der Waals surface area contributed by atoms with Gasteiger partial charge in [-0.05, 0) is 73.5 Å². The second kappa shape index (κ2) is 15.4. The smallest absolute Gasteiger partial charge is 0.158 e. The first-order valence-electron chi connectivity index (χ1n) is 19.2. The highest BCUT2D eigenvalue weighted by atomic mass is 16.7. The number of ether oxygens (including phenoxy) is 3. The summed E-state index contributed by atoms with van der Waals surface area (Å²) in [7, 11) is 0. The van der Waals surface area contributed by atoms with Gasteiger partial charge in [0.25, 0.3) is 0 Å². The van der Waals surface area contributed by atoms with Crippen molar-refractivity contribution in [2.24, 2.45) is 0 Å². The zero-order valence-electron chi connectivity index (χ0n) is 30.2. The first-order valence-corrected chi connectivity index (χ1v) is 19.2. The fraction of sp³-hybridized carbons (Fsp3) is 0.419. The SMILES string of the molecule is CCCCCCCCn1c2ccccc2c2cc(-c3nc4ccccc4n3-c3ccc(N[C@@H]4O[C@@H]5COC(CCC)O[C@H]5[C@H](O)[C@H]4O)cc3)ccc21. The van der Waals surface area contributed by atoms with Crippen molar-refractivity contribution in [3.8, 4) is 17.1 Å². The van der Waals surface area contributed by atoms with Gasteiger partial charge in [0.1, 0.15) is 30.2 Å². The van der Waals surface area contributed by atoms with Gasteiger partial charge in [-0.1, -0.05) is 82.7 Å². The van der Waals surface area contributed by atoms with E-state index in [4.69, 9.17) is 19.2 Å². The predicted octanol–water partition coefficient (Wildman–Crippen LogP) is 8.56. The van der Waals surface area contributed by atoms with Gasteiger partial charge in [0, 0.05) is 45.3 Å². The monoisotopic (exact) mass is 702 g/mol. The minimum Gasteiger partial charge on any atom is -0.387 e.